The first kappa shape index (κ1) is 31.4. The highest BCUT2D eigenvalue weighted by atomic mass is 32.2. The largest absolute Gasteiger partial charge is 0.349 e. The van der Waals surface area contributed by atoms with Crippen molar-refractivity contribution in [2.75, 3.05) is 73.0 Å². The molecule has 0 spiro atoms. The third-order valence-corrected chi connectivity index (χ3v) is 10.4. The summed E-state index contributed by atoms with van der Waals surface area (Å²) in [6, 6.07) is -0.110. The van der Waals surface area contributed by atoms with Gasteiger partial charge in [0.1, 0.15) is 0 Å². The minimum atomic E-state index is -3.79. The molecular weight excluding hydrogens is 548 g/mol. The highest BCUT2D eigenvalue weighted by Gasteiger charge is 2.34. The van der Waals surface area contributed by atoms with Crippen LogP contribution in [0, 0.1) is 5.92 Å². The number of amides is 3. The van der Waals surface area contributed by atoms with Crippen LogP contribution in [0.1, 0.15) is 54.9 Å². The van der Waals surface area contributed by atoms with Crippen molar-refractivity contribution in [3.63, 3.8) is 0 Å². The monoisotopic (exact) mass is 594 g/mol. The van der Waals surface area contributed by atoms with Crippen LogP contribution in [0.2, 0.25) is 0 Å². The molecule has 0 aromatic carbocycles. The molecule has 1 aromatic rings. The summed E-state index contributed by atoms with van der Waals surface area (Å²) in [5, 5.41) is 7.38. The Morgan fingerprint density at radius 2 is 1.61 bits per heavy atom. The smallest absolute Gasteiger partial charge is 0.282 e. The van der Waals surface area contributed by atoms with E-state index < -0.39 is 10.2 Å². The molecule has 2 aliphatic heterocycles. The molecule has 1 aromatic heterocycles. The number of aryl methyl sites for hydroxylation is 1. The Morgan fingerprint density at radius 1 is 0.927 bits per heavy atom. The van der Waals surface area contributed by atoms with Crippen molar-refractivity contribution in [2.24, 2.45) is 13.0 Å². The lowest BCUT2D eigenvalue weighted by atomic mass is 9.90. The van der Waals surface area contributed by atoms with Gasteiger partial charge in [0.25, 0.3) is 16.1 Å². The third kappa shape index (κ3) is 7.27. The number of carbonyl (C=O) groups excluding carboxylic acids is 3. The lowest BCUT2D eigenvalue weighted by molar-refractivity contribution is -0.141. The summed E-state index contributed by atoms with van der Waals surface area (Å²) in [4.78, 5) is 45.4. The maximum absolute atomic E-state index is 13.6. The highest BCUT2D eigenvalue weighted by Crippen LogP contribution is 2.27. The van der Waals surface area contributed by atoms with Crippen LogP contribution in [0.25, 0.3) is 0 Å². The summed E-state index contributed by atoms with van der Waals surface area (Å²) in [7, 11) is 1.75. The number of piperazine rings is 1. The lowest BCUT2D eigenvalue weighted by Gasteiger charge is -2.35. The molecule has 4 rings (SSSR count). The number of carbonyl (C=O) groups is 3. The maximum Gasteiger partial charge on any atom is 0.282 e. The Morgan fingerprint density at radius 3 is 2.29 bits per heavy atom. The SMILES string of the molecule is CC(C)CN1CC(=O)N(C)C2CCc3c(c(nn3C)C(=O)NCCN(S(=O)(=O)N3CCN(C)CC3)CCCC1=O)C2. The Balaban J connectivity index is 1.61. The maximum atomic E-state index is 13.6. The third-order valence-electron chi connectivity index (χ3n) is 8.41. The predicted octanol–water partition coefficient (Wildman–Crippen LogP) is -0.462. The number of likely N-dealkylation sites (N-methyl/N-ethyl adjacent to an activating group) is 2. The molecule has 1 saturated heterocycles. The Hall–Kier alpha value is -2.55. The van der Waals surface area contributed by atoms with E-state index in [0.717, 1.165) is 17.7 Å². The molecule has 1 N–H and O–H groups in total. The minimum absolute atomic E-state index is 0.0272. The van der Waals surface area contributed by atoms with Crippen molar-refractivity contribution < 1.29 is 22.8 Å². The standard InChI is InChI=1S/C27H46N8O5S/c1-20(2)18-33-19-25(37)31(4)21-8-9-23-22(17-21)26(29-32(23)5)27(38)28-10-12-34(11-6-7-24(33)36)41(39,40)35-15-13-30(3)14-16-35/h20-21H,6-19H2,1-5H3,(H,28,38). The van der Waals surface area contributed by atoms with Crippen LogP contribution in [0.5, 0.6) is 0 Å². The summed E-state index contributed by atoms with van der Waals surface area (Å²) >= 11 is 0. The second kappa shape index (κ2) is 13.2. The van der Waals surface area contributed by atoms with E-state index in [4.69, 9.17) is 0 Å². The molecule has 230 valence electrons. The van der Waals surface area contributed by atoms with E-state index in [9.17, 15) is 22.8 Å². The van der Waals surface area contributed by atoms with Crippen molar-refractivity contribution in [3.8, 4) is 0 Å². The summed E-state index contributed by atoms with van der Waals surface area (Å²) in [6.07, 6.45) is 2.37. The van der Waals surface area contributed by atoms with E-state index in [1.165, 1.54) is 8.61 Å². The number of nitrogens with zero attached hydrogens (tertiary/aromatic N) is 7. The van der Waals surface area contributed by atoms with Crippen molar-refractivity contribution in [3.05, 3.63) is 17.0 Å². The number of aromatic nitrogens is 2. The van der Waals surface area contributed by atoms with Gasteiger partial charge in [0, 0.05) is 90.2 Å². The van der Waals surface area contributed by atoms with E-state index in [2.05, 4.69) is 15.3 Å². The van der Waals surface area contributed by atoms with Crippen LogP contribution >= 0.6 is 0 Å². The van der Waals surface area contributed by atoms with Gasteiger partial charge >= 0.3 is 0 Å². The molecule has 1 unspecified atom stereocenters. The minimum Gasteiger partial charge on any atom is -0.349 e. The zero-order valence-corrected chi connectivity index (χ0v) is 26.0. The fourth-order valence-corrected chi connectivity index (χ4v) is 7.56. The van der Waals surface area contributed by atoms with Gasteiger partial charge in [-0.05, 0) is 38.6 Å². The average molecular weight is 595 g/mol. The summed E-state index contributed by atoms with van der Waals surface area (Å²) < 4.78 is 31.9. The van der Waals surface area contributed by atoms with E-state index >= 15 is 0 Å². The van der Waals surface area contributed by atoms with Crippen molar-refractivity contribution in [2.45, 2.75) is 52.0 Å². The van der Waals surface area contributed by atoms with E-state index in [0.29, 0.717) is 57.7 Å². The van der Waals surface area contributed by atoms with Gasteiger partial charge in [-0.25, -0.2) is 0 Å². The van der Waals surface area contributed by atoms with Gasteiger partial charge in [0.2, 0.25) is 11.8 Å². The molecule has 13 nitrogen and oxygen atoms in total. The van der Waals surface area contributed by atoms with Gasteiger partial charge in [-0.15, -0.1) is 0 Å². The first-order valence-corrected chi connectivity index (χ1v) is 16.1. The van der Waals surface area contributed by atoms with Crippen LogP contribution in [0.15, 0.2) is 0 Å². The van der Waals surface area contributed by atoms with Crippen molar-refractivity contribution >= 4 is 27.9 Å². The van der Waals surface area contributed by atoms with Crippen LogP contribution in [-0.2, 0) is 39.7 Å². The van der Waals surface area contributed by atoms with E-state index in [1.807, 2.05) is 27.9 Å². The molecular formula is C27H46N8O5S. The quantitative estimate of drug-likeness (QED) is 0.499. The fraction of sp³-hybridized carbons (Fsp3) is 0.778. The van der Waals surface area contributed by atoms with E-state index in [1.54, 1.807) is 21.5 Å². The van der Waals surface area contributed by atoms with Gasteiger partial charge in [-0.1, -0.05) is 13.8 Å². The summed E-state index contributed by atoms with van der Waals surface area (Å²) in [6.45, 7) is 6.83. The fourth-order valence-electron chi connectivity index (χ4n) is 5.92. The Labute approximate surface area is 244 Å². The number of fused-ring (bicyclic) bond motifs is 1. The second-order valence-corrected chi connectivity index (χ2v) is 13.9. The molecule has 0 saturated carbocycles. The number of hydrogen-bond acceptors (Lipinski definition) is 7. The topological polar surface area (TPSA) is 131 Å². The van der Waals surface area contributed by atoms with Gasteiger partial charge in [-0.2, -0.15) is 22.1 Å². The molecule has 14 heteroatoms. The molecule has 1 fully saturated rings. The molecule has 3 heterocycles. The first-order chi connectivity index (χ1) is 19.4. The van der Waals surface area contributed by atoms with Gasteiger partial charge in [0.05, 0.1) is 6.54 Å². The van der Waals surface area contributed by atoms with Crippen molar-refractivity contribution in [1.29, 1.82) is 0 Å². The average Bonchev–Trinajstić information content (AvgIpc) is 3.26. The summed E-state index contributed by atoms with van der Waals surface area (Å²) in [5.74, 6) is -0.481. The lowest BCUT2D eigenvalue weighted by Crippen LogP contribution is -2.53. The van der Waals surface area contributed by atoms with Gasteiger partial charge in [0.15, 0.2) is 5.69 Å². The molecule has 41 heavy (non-hydrogen) atoms. The Kier molecular flexibility index (Phi) is 10.1. The van der Waals surface area contributed by atoms with Crippen molar-refractivity contribution in [1.82, 2.24) is 38.4 Å². The van der Waals surface area contributed by atoms with Crippen LogP contribution < -0.4 is 5.32 Å². The van der Waals surface area contributed by atoms with E-state index in [-0.39, 0.29) is 62.3 Å². The molecule has 0 radical (unpaired) electrons. The van der Waals surface area contributed by atoms with Gasteiger partial charge < -0.3 is 20.0 Å². The normalized spacial score (nSPS) is 23.7. The zero-order chi connectivity index (χ0) is 29.9. The molecule has 1 atom stereocenters. The second-order valence-electron chi connectivity index (χ2n) is 11.9. The highest BCUT2D eigenvalue weighted by molar-refractivity contribution is 7.86. The number of rotatable bonds is 4. The predicted molar refractivity (Wildman–Crippen MR) is 154 cm³/mol. The van der Waals surface area contributed by atoms with Gasteiger partial charge in [-0.3, -0.25) is 19.1 Å². The van der Waals surface area contributed by atoms with Crippen LogP contribution in [-0.4, -0.2) is 138 Å². The zero-order valence-electron chi connectivity index (χ0n) is 25.1. The molecule has 2 bridgehead atoms. The Bertz CT molecular complexity index is 1220. The number of nitrogens with one attached hydrogen (secondary N) is 1. The molecule has 3 amide bonds. The first-order valence-electron chi connectivity index (χ1n) is 14.7. The number of hydrogen-bond donors (Lipinski definition) is 1. The van der Waals surface area contributed by atoms with Crippen LogP contribution in [0.4, 0.5) is 0 Å². The summed E-state index contributed by atoms with van der Waals surface area (Å²) in [5.41, 5.74) is 2.12. The molecule has 1 aliphatic carbocycles. The van der Waals surface area contributed by atoms with Crippen LogP contribution in [0.3, 0.4) is 0 Å². The molecule has 3 aliphatic rings.